The van der Waals surface area contributed by atoms with Crippen molar-refractivity contribution in [2.45, 2.75) is 19.8 Å². The van der Waals surface area contributed by atoms with Crippen molar-refractivity contribution in [2.75, 3.05) is 12.4 Å². The first-order chi connectivity index (χ1) is 10.6. The van der Waals surface area contributed by atoms with E-state index in [1.807, 2.05) is 13.0 Å². The van der Waals surface area contributed by atoms with Gasteiger partial charge in [0.25, 0.3) is 0 Å². The molecule has 22 heavy (non-hydrogen) atoms. The topological polar surface area (TPSA) is 68.3 Å². The average Bonchev–Trinajstić information content (AvgIpc) is 2.92. The molecule has 0 bridgehead atoms. The Labute approximate surface area is 132 Å². The van der Waals surface area contributed by atoms with E-state index in [1.165, 1.54) is 11.3 Å². The van der Waals surface area contributed by atoms with Gasteiger partial charge < -0.3 is 10.1 Å². The van der Waals surface area contributed by atoms with E-state index in [-0.39, 0.29) is 11.7 Å². The minimum absolute atomic E-state index is 0.130. The van der Waals surface area contributed by atoms with Crippen LogP contribution in [0.1, 0.15) is 27.2 Å². The van der Waals surface area contributed by atoms with Crippen LogP contribution in [0, 0.1) is 12.8 Å². The van der Waals surface area contributed by atoms with Crippen LogP contribution < -0.4 is 10.1 Å². The third kappa shape index (κ3) is 2.74. The van der Waals surface area contributed by atoms with E-state index < -0.39 is 5.92 Å². The monoisotopic (exact) mass is 316 g/mol. The molecule has 0 radical (unpaired) electrons. The number of rotatable bonds is 3. The van der Waals surface area contributed by atoms with E-state index in [4.69, 9.17) is 4.74 Å². The number of methoxy groups -OCH3 is 1. The molecule has 0 spiro atoms. The van der Waals surface area contributed by atoms with Crippen LogP contribution in [-0.2, 0) is 11.2 Å². The maximum absolute atomic E-state index is 12.5. The molecule has 1 aliphatic carbocycles. The number of hydrogen-bond acceptors (Lipinski definition) is 5. The van der Waals surface area contributed by atoms with Crippen molar-refractivity contribution in [1.29, 1.82) is 0 Å². The third-order valence-corrected chi connectivity index (χ3v) is 4.59. The summed E-state index contributed by atoms with van der Waals surface area (Å²) < 4.78 is 5.17. The number of nitrogens with zero attached hydrogens (tertiary/aromatic N) is 1. The summed E-state index contributed by atoms with van der Waals surface area (Å²) in [6.07, 6.45) is 2.90. The fourth-order valence-electron chi connectivity index (χ4n) is 2.62. The lowest BCUT2D eigenvalue weighted by atomic mass is 9.82. The van der Waals surface area contributed by atoms with Crippen LogP contribution in [0.3, 0.4) is 0 Å². The molecule has 0 saturated carbocycles. The summed E-state index contributed by atoms with van der Waals surface area (Å²) in [5.74, 6) is -0.326. The smallest absolute Gasteiger partial charge is 0.237 e. The van der Waals surface area contributed by atoms with Crippen molar-refractivity contribution in [3.8, 4) is 5.75 Å². The summed E-state index contributed by atoms with van der Waals surface area (Å²) in [7, 11) is 1.60. The Bertz CT molecular complexity index is 739. The second-order valence-corrected chi connectivity index (χ2v) is 6.48. The van der Waals surface area contributed by atoms with E-state index in [0.29, 0.717) is 23.5 Å². The van der Waals surface area contributed by atoms with Crippen molar-refractivity contribution in [3.63, 3.8) is 0 Å². The molecule has 0 aliphatic heterocycles. The number of carbonyl (C=O) groups is 2. The number of benzene rings is 1. The average molecular weight is 316 g/mol. The normalized spacial score (nSPS) is 17.0. The predicted octanol–water partition coefficient (Wildman–Crippen LogP) is 2.84. The number of thiazole rings is 1. The molecule has 0 saturated heterocycles. The molecule has 1 unspecified atom stereocenters. The SMILES string of the molecule is COc1ccc2c(c1)CCC(C(=O)Nc1ncc(C)s1)C2=O. The van der Waals surface area contributed by atoms with E-state index in [9.17, 15) is 9.59 Å². The number of hydrogen-bond donors (Lipinski definition) is 1. The van der Waals surface area contributed by atoms with Gasteiger partial charge in [0.1, 0.15) is 11.7 Å². The van der Waals surface area contributed by atoms with Gasteiger partial charge in [0.05, 0.1) is 7.11 Å². The Morgan fingerprint density at radius 1 is 1.45 bits per heavy atom. The molecule has 1 aromatic heterocycles. The Morgan fingerprint density at radius 3 is 2.95 bits per heavy atom. The highest BCUT2D eigenvalue weighted by atomic mass is 32.1. The zero-order chi connectivity index (χ0) is 15.7. The maximum Gasteiger partial charge on any atom is 0.237 e. The molecule has 1 aromatic carbocycles. The van der Waals surface area contributed by atoms with Gasteiger partial charge >= 0.3 is 0 Å². The van der Waals surface area contributed by atoms with Crippen LogP contribution in [0.15, 0.2) is 24.4 Å². The molecule has 3 rings (SSSR count). The molecular weight excluding hydrogens is 300 g/mol. The molecule has 2 aromatic rings. The van der Waals surface area contributed by atoms with E-state index in [1.54, 1.807) is 25.4 Å². The van der Waals surface area contributed by atoms with E-state index >= 15 is 0 Å². The number of Topliss-reactive ketones (excluding diaryl/α,β-unsaturated/α-hetero) is 1. The number of nitrogens with one attached hydrogen (secondary N) is 1. The predicted molar refractivity (Wildman–Crippen MR) is 84.6 cm³/mol. The first kappa shape index (κ1) is 14.7. The lowest BCUT2D eigenvalue weighted by Crippen LogP contribution is -2.33. The molecule has 114 valence electrons. The Morgan fingerprint density at radius 2 is 2.27 bits per heavy atom. The fourth-order valence-corrected chi connectivity index (χ4v) is 3.29. The number of aryl methyl sites for hydroxylation is 2. The van der Waals surface area contributed by atoms with Crippen LogP contribution in [0.4, 0.5) is 5.13 Å². The number of anilines is 1. The molecule has 1 aliphatic rings. The summed E-state index contributed by atoms with van der Waals surface area (Å²) in [6.45, 7) is 1.92. The highest BCUT2D eigenvalue weighted by Gasteiger charge is 2.33. The maximum atomic E-state index is 12.5. The van der Waals surface area contributed by atoms with Gasteiger partial charge in [0, 0.05) is 16.6 Å². The van der Waals surface area contributed by atoms with Gasteiger partial charge in [0.2, 0.25) is 5.91 Å². The fraction of sp³-hybridized carbons (Fsp3) is 0.312. The van der Waals surface area contributed by atoms with Crippen molar-refractivity contribution in [2.24, 2.45) is 5.92 Å². The van der Waals surface area contributed by atoms with Crippen molar-refractivity contribution >= 4 is 28.2 Å². The van der Waals surface area contributed by atoms with Gasteiger partial charge in [-0.1, -0.05) is 0 Å². The van der Waals surface area contributed by atoms with Gasteiger partial charge in [0.15, 0.2) is 10.9 Å². The van der Waals surface area contributed by atoms with Gasteiger partial charge in [-0.3, -0.25) is 9.59 Å². The zero-order valence-electron chi connectivity index (χ0n) is 12.4. The van der Waals surface area contributed by atoms with Crippen molar-refractivity contribution in [3.05, 3.63) is 40.4 Å². The second kappa shape index (κ2) is 5.88. The molecule has 1 N–H and O–H groups in total. The molecule has 1 atom stereocenters. The molecule has 0 fully saturated rings. The van der Waals surface area contributed by atoms with Gasteiger partial charge in [-0.05, 0) is 43.5 Å². The number of amides is 1. The summed E-state index contributed by atoms with van der Waals surface area (Å²) in [4.78, 5) is 30.0. The minimum Gasteiger partial charge on any atom is -0.497 e. The van der Waals surface area contributed by atoms with Gasteiger partial charge in [-0.15, -0.1) is 11.3 Å². The summed E-state index contributed by atoms with van der Waals surface area (Å²) in [6, 6.07) is 5.36. The summed E-state index contributed by atoms with van der Waals surface area (Å²) in [5, 5.41) is 3.28. The number of aromatic nitrogens is 1. The lowest BCUT2D eigenvalue weighted by molar-refractivity contribution is -0.118. The Kier molecular flexibility index (Phi) is 3.94. The second-order valence-electron chi connectivity index (χ2n) is 5.24. The minimum atomic E-state index is -0.648. The number of carbonyl (C=O) groups excluding carboxylic acids is 2. The largest absolute Gasteiger partial charge is 0.497 e. The first-order valence-corrected chi connectivity index (χ1v) is 7.84. The van der Waals surface area contributed by atoms with Crippen LogP contribution in [0.5, 0.6) is 5.75 Å². The molecule has 6 heteroatoms. The molecule has 1 amide bonds. The zero-order valence-corrected chi connectivity index (χ0v) is 13.2. The van der Waals surface area contributed by atoms with Crippen LogP contribution in [0.25, 0.3) is 0 Å². The third-order valence-electron chi connectivity index (χ3n) is 3.76. The Hall–Kier alpha value is -2.21. The quantitative estimate of drug-likeness (QED) is 0.884. The molecular formula is C16H16N2O3S. The first-order valence-electron chi connectivity index (χ1n) is 7.03. The molecule has 5 nitrogen and oxygen atoms in total. The standard InChI is InChI=1S/C16H16N2O3S/c1-9-8-17-16(22-9)18-15(20)13-5-3-10-7-11(21-2)4-6-12(10)14(13)19/h4,6-8,13H,3,5H2,1-2H3,(H,17,18,20). The van der Waals surface area contributed by atoms with Crippen LogP contribution in [-0.4, -0.2) is 23.8 Å². The van der Waals surface area contributed by atoms with Crippen LogP contribution in [0.2, 0.25) is 0 Å². The number of ketones is 1. The van der Waals surface area contributed by atoms with Gasteiger partial charge in [-0.2, -0.15) is 0 Å². The summed E-state index contributed by atoms with van der Waals surface area (Å²) >= 11 is 1.40. The number of fused-ring (bicyclic) bond motifs is 1. The van der Waals surface area contributed by atoms with Crippen molar-refractivity contribution in [1.82, 2.24) is 4.98 Å². The molecule has 1 heterocycles. The van der Waals surface area contributed by atoms with E-state index in [0.717, 1.165) is 16.2 Å². The van der Waals surface area contributed by atoms with E-state index in [2.05, 4.69) is 10.3 Å². The highest BCUT2D eigenvalue weighted by molar-refractivity contribution is 7.15. The highest BCUT2D eigenvalue weighted by Crippen LogP contribution is 2.29. The van der Waals surface area contributed by atoms with Crippen LogP contribution >= 0.6 is 11.3 Å². The summed E-state index contributed by atoms with van der Waals surface area (Å²) in [5.41, 5.74) is 1.56. The van der Waals surface area contributed by atoms with Crippen molar-refractivity contribution < 1.29 is 14.3 Å². The van der Waals surface area contributed by atoms with Gasteiger partial charge in [-0.25, -0.2) is 4.98 Å². The number of ether oxygens (including phenoxy) is 1. The Balaban J connectivity index is 1.78. The lowest BCUT2D eigenvalue weighted by Gasteiger charge is -2.22.